The second-order valence-electron chi connectivity index (χ2n) is 10.8. The molecule has 1 atom stereocenters. The van der Waals surface area contributed by atoms with Gasteiger partial charge in [-0.15, -0.1) is 0 Å². The van der Waals surface area contributed by atoms with Gasteiger partial charge in [0.1, 0.15) is 18.3 Å². The van der Waals surface area contributed by atoms with E-state index < -0.39 is 35.5 Å². The van der Waals surface area contributed by atoms with Crippen LogP contribution in [-0.4, -0.2) is 67.9 Å². The number of hydrogen-bond donors (Lipinski definition) is 0. The molecule has 2 saturated heterocycles. The van der Waals surface area contributed by atoms with Crippen LogP contribution in [-0.2, 0) is 27.0 Å². The maximum Gasteiger partial charge on any atom is 0.416 e. The lowest BCUT2D eigenvalue weighted by atomic mass is 9.97. The fourth-order valence-electron chi connectivity index (χ4n) is 5.33. The molecule has 41 heavy (non-hydrogen) atoms. The van der Waals surface area contributed by atoms with Crippen LogP contribution in [0.4, 0.5) is 17.6 Å². The SMILES string of the molecule is COC(=O)C1COCN1C(=O)c1cc(C2CC2)c(OCC2CCN(Cc3cc(C(F)(F)F)ccc3Cl)CC2)cc1F. The van der Waals surface area contributed by atoms with Crippen molar-refractivity contribution in [1.82, 2.24) is 9.80 Å². The Balaban J connectivity index is 1.20. The second-order valence-corrected chi connectivity index (χ2v) is 11.2. The molecule has 5 rings (SSSR count). The topological polar surface area (TPSA) is 68.3 Å². The Morgan fingerprint density at radius 2 is 1.83 bits per heavy atom. The van der Waals surface area contributed by atoms with Gasteiger partial charge in [-0.3, -0.25) is 14.6 Å². The number of hydrogen-bond acceptors (Lipinski definition) is 6. The quantitative estimate of drug-likeness (QED) is 0.290. The normalized spacial score (nSPS) is 20.3. The van der Waals surface area contributed by atoms with Gasteiger partial charge in [0.05, 0.1) is 31.5 Å². The summed E-state index contributed by atoms with van der Waals surface area (Å²) in [6.07, 6.45) is -1.09. The fourth-order valence-corrected chi connectivity index (χ4v) is 5.51. The van der Waals surface area contributed by atoms with Crippen LogP contribution in [0.15, 0.2) is 30.3 Å². The molecule has 12 heteroatoms. The molecule has 0 aromatic heterocycles. The van der Waals surface area contributed by atoms with E-state index in [2.05, 4.69) is 4.90 Å². The summed E-state index contributed by atoms with van der Waals surface area (Å²) in [5.41, 5.74) is 0.346. The molecule has 3 aliphatic rings. The number of benzene rings is 2. The van der Waals surface area contributed by atoms with Gasteiger partial charge in [-0.2, -0.15) is 13.2 Å². The molecular weight excluding hydrogens is 568 g/mol. The number of likely N-dealkylation sites (tertiary alicyclic amines) is 1. The van der Waals surface area contributed by atoms with E-state index in [9.17, 15) is 22.8 Å². The Bertz CT molecular complexity index is 1290. The van der Waals surface area contributed by atoms with Crippen LogP contribution in [0.5, 0.6) is 5.75 Å². The summed E-state index contributed by atoms with van der Waals surface area (Å²) in [7, 11) is 1.22. The number of piperidine rings is 1. The maximum atomic E-state index is 15.2. The average Bonchev–Trinajstić information content (AvgIpc) is 3.67. The van der Waals surface area contributed by atoms with Crippen molar-refractivity contribution in [1.29, 1.82) is 0 Å². The molecule has 0 N–H and O–H groups in total. The third-order valence-corrected chi connectivity index (χ3v) is 8.28. The Morgan fingerprint density at radius 1 is 1.10 bits per heavy atom. The van der Waals surface area contributed by atoms with E-state index in [-0.39, 0.29) is 30.7 Å². The van der Waals surface area contributed by atoms with E-state index in [1.807, 2.05) is 0 Å². The summed E-state index contributed by atoms with van der Waals surface area (Å²) < 4.78 is 70.7. The minimum atomic E-state index is -4.43. The number of carbonyl (C=O) groups is 2. The molecule has 7 nitrogen and oxygen atoms in total. The van der Waals surface area contributed by atoms with E-state index in [4.69, 9.17) is 25.8 Å². The first-order chi connectivity index (χ1) is 19.5. The second kappa shape index (κ2) is 12.1. The number of carbonyl (C=O) groups excluding carboxylic acids is 2. The molecule has 0 spiro atoms. The van der Waals surface area contributed by atoms with Gasteiger partial charge in [0.2, 0.25) is 0 Å². The van der Waals surface area contributed by atoms with Crippen molar-refractivity contribution in [3.63, 3.8) is 0 Å². The molecule has 1 saturated carbocycles. The average molecular weight is 599 g/mol. The van der Waals surface area contributed by atoms with Crippen LogP contribution in [0.25, 0.3) is 0 Å². The van der Waals surface area contributed by atoms with Crippen LogP contribution >= 0.6 is 11.6 Å². The highest BCUT2D eigenvalue weighted by atomic mass is 35.5. The van der Waals surface area contributed by atoms with Gasteiger partial charge < -0.3 is 14.2 Å². The van der Waals surface area contributed by atoms with E-state index >= 15 is 4.39 Å². The van der Waals surface area contributed by atoms with Crippen molar-refractivity contribution in [3.8, 4) is 5.75 Å². The molecular formula is C29H31ClF4N2O5. The summed E-state index contributed by atoms with van der Waals surface area (Å²) in [6, 6.07) is 5.21. The molecule has 0 radical (unpaired) electrons. The monoisotopic (exact) mass is 598 g/mol. The predicted octanol–water partition coefficient (Wildman–Crippen LogP) is 5.64. The zero-order valence-corrected chi connectivity index (χ0v) is 23.3. The van der Waals surface area contributed by atoms with Gasteiger partial charge in [-0.25, -0.2) is 9.18 Å². The lowest BCUT2D eigenvalue weighted by Crippen LogP contribution is -2.42. The van der Waals surface area contributed by atoms with Crippen LogP contribution in [0.2, 0.25) is 5.02 Å². The Hall–Kier alpha value is -2.89. The minimum Gasteiger partial charge on any atom is -0.493 e. The molecule has 2 aromatic rings. The van der Waals surface area contributed by atoms with E-state index in [1.165, 1.54) is 30.2 Å². The van der Waals surface area contributed by atoms with Crippen molar-refractivity contribution in [3.05, 3.63) is 63.4 Å². The largest absolute Gasteiger partial charge is 0.493 e. The highest BCUT2D eigenvalue weighted by molar-refractivity contribution is 6.31. The number of alkyl halides is 3. The molecule has 2 aliphatic heterocycles. The van der Waals surface area contributed by atoms with Crippen LogP contribution in [0, 0.1) is 11.7 Å². The number of methoxy groups -OCH3 is 1. The van der Waals surface area contributed by atoms with Gasteiger partial charge in [-0.1, -0.05) is 11.6 Å². The summed E-state index contributed by atoms with van der Waals surface area (Å²) in [5.74, 6) is -1.25. The van der Waals surface area contributed by atoms with Gasteiger partial charge in [0.25, 0.3) is 5.91 Å². The van der Waals surface area contributed by atoms with Crippen LogP contribution < -0.4 is 4.74 Å². The first-order valence-electron chi connectivity index (χ1n) is 13.6. The molecule has 2 aromatic carbocycles. The fraction of sp³-hybridized carbons (Fsp3) is 0.517. The number of halogens is 5. The summed E-state index contributed by atoms with van der Waals surface area (Å²) in [4.78, 5) is 28.4. The zero-order valence-electron chi connectivity index (χ0n) is 22.5. The minimum absolute atomic E-state index is 0.0114. The predicted molar refractivity (Wildman–Crippen MR) is 141 cm³/mol. The third kappa shape index (κ3) is 6.79. The molecule has 1 aliphatic carbocycles. The van der Waals surface area contributed by atoms with Crippen molar-refractivity contribution in [2.24, 2.45) is 5.92 Å². The Labute approximate surface area is 240 Å². The van der Waals surface area contributed by atoms with E-state index in [1.54, 1.807) is 0 Å². The highest BCUT2D eigenvalue weighted by Gasteiger charge is 2.38. The van der Waals surface area contributed by atoms with Gasteiger partial charge >= 0.3 is 12.1 Å². The number of rotatable bonds is 8. The number of ether oxygens (including phenoxy) is 3. The first kappa shape index (κ1) is 29.6. The van der Waals surface area contributed by atoms with Gasteiger partial charge in [-0.05, 0) is 86.0 Å². The number of amides is 1. The molecule has 0 bridgehead atoms. The maximum absolute atomic E-state index is 15.2. The van der Waals surface area contributed by atoms with E-state index in [0.29, 0.717) is 42.6 Å². The molecule has 2 heterocycles. The molecule has 222 valence electrons. The van der Waals surface area contributed by atoms with Crippen molar-refractivity contribution in [2.75, 3.05) is 40.1 Å². The van der Waals surface area contributed by atoms with Crippen LogP contribution in [0.3, 0.4) is 0 Å². The Kier molecular flexibility index (Phi) is 8.77. The molecule has 1 amide bonds. The highest BCUT2D eigenvalue weighted by Crippen LogP contribution is 2.45. The standard InChI is InChI=1S/C29H31ClF4N2O5/c1-39-28(38)25-15-40-16-36(25)27(37)22-11-21(18-2-3-18)26(12-24(22)31)41-14-17-6-8-35(9-7-17)13-19-10-20(29(32,33)34)4-5-23(19)30/h4-5,10-12,17-18,25H,2-3,6-9,13-16H2,1H3. The van der Waals surface area contributed by atoms with Crippen LogP contribution in [0.1, 0.15) is 58.6 Å². The third-order valence-electron chi connectivity index (χ3n) is 7.91. The molecule has 3 fully saturated rings. The van der Waals surface area contributed by atoms with Gasteiger partial charge in [0.15, 0.2) is 6.04 Å². The summed E-state index contributed by atoms with van der Waals surface area (Å²) >= 11 is 6.17. The van der Waals surface area contributed by atoms with Gasteiger partial charge in [0, 0.05) is 17.6 Å². The lowest BCUT2D eigenvalue weighted by Gasteiger charge is -2.32. The number of esters is 1. The van der Waals surface area contributed by atoms with Crippen molar-refractivity contribution < 1.29 is 41.4 Å². The number of nitrogens with zero attached hydrogens (tertiary/aromatic N) is 2. The smallest absolute Gasteiger partial charge is 0.416 e. The zero-order chi connectivity index (χ0) is 29.3. The van der Waals surface area contributed by atoms with Crippen molar-refractivity contribution in [2.45, 2.75) is 50.4 Å². The molecule has 1 unspecified atom stereocenters. The lowest BCUT2D eigenvalue weighted by molar-refractivity contribution is -0.144. The Morgan fingerprint density at radius 3 is 2.49 bits per heavy atom. The first-order valence-corrected chi connectivity index (χ1v) is 13.9. The summed E-state index contributed by atoms with van der Waals surface area (Å²) in [6.45, 7) is 1.86. The van der Waals surface area contributed by atoms with E-state index in [0.717, 1.165) is 43.4 Å². The summed E-state index contributed by atoms with van der Waals surface area (Å²) in [5, 5.41) is 0.304. The van der Waals surface area contributed by atoms with Crippen molar-refractivity contribution >= 4 is 23.5 Å².